The van der Waals surface area contributed by atoms with E-state index < -0.39 is 10.7 Å². The SMILES string of the molecule is CCCc1ccc(C(C)(SC)C(=O)O)cc1. The first-order valence-electron chi connectivity index (χ1n) is 5.42. The molecule has 0 amide bonds. The molecule has 1 N–H and O–H groups in total. The first-order valence-corrected chi connectivity index (χ1v) is 6.65. The van der Waals surface area contributed by atoms with Gasteiger partial charge in [0.25, 0.3) is 0 Å². The summed E-state index contributed by atoms with van der Waals surface area (Å²) in [5.41, 5.74) is 2.12. The van der Waals surface area contributed by atoms with E-state index in [9.17, 15) is 9.90 Å². The van der Waals surface area contributed by atoms with E-state index in [-0.39, 0.29) is 0 Å². The zero-order valence-electron chi connectivity index (χ0n) is 9.99. The number of thioether (sulfide) groups is 1. The fourth-order valence-corrected chi connectivity index (χ4v) is 2.15. The highest BCUT2D eigenvalue weighted by molar-refractivity contribution is 8.00. The second-order valence-electron chi connectivity index (χ2n) is 3.99. The summed E-state index contributed by atoms with van der Waals surface area (Å²) < 4.78 is -0.843. The molecule has 3 heteroatoms. The standard InChI is InChI=1S/C13H18O2S/c1-4-5-10-6-8-11(9-7-10)13(2,16-3)12(14)15/h6-9H,4-5H2,1-3H3,(H,14,15). The maximum Gasteiger partial charge on any atom is 0.324 e. The first-order chi connectivity index (χ1) is 7.54. The molecule has 1 unspecified atom stereocenters. The Bertz CT molecular complexity index is 359. The van der Waals surface area contributed by atoms with E-state index in [4.69, 9.17) is 0 Å². The van der Waals surface area contributed by atoms with Gasteiger partial charge in [-0.05, 0) is 30.7 Å². The lowest BCUT2D eigenvalue weighted by Crippen LogP contribution is -2.28. The molecule has 0 aliphatic heterocycles. The van der Waals surface area contributed by atoms with Gasteiger partial charge in [0.15, 0.2) is 0 Å². The Morgan fingerprint density at radius 2 is 1.94 bits per heavy atom. The normalized spacial score (nSPS) is 14.4. The Labute approximate surface area is 101 Å². The van der Waals surface area contributed by atoms with Gasteiger partial charge < -0.3 is 5.11 Å². The lowest BCUT2D eigenvalue weighted by Gasteiger charge is -2.23. The highest BCUT2D eigenvalue weighted by atomic mass is 32.2. The number of aryl methyl sites for hydroxylation is 1. The molecule has 0 spiro atoms. The summed E-state index contributed by atoms with van der Waals surface area (Å²) in [5.74, 6) is -0.789. The first kappa shape index (κ1) is 13.1. The van der Waals surface area contributed by atoms with Crippen molar-refractivity contribution in [2.45, 2.75) is 31.4 Å². The van der Waals surface area contributed by atoms with E-state index in [0.717, 1.165) is 18.4 Å². The van der Waals surface area contributed by atoms with Crippen molar-refractivity contribution in [1.82, 2.24) is 0 Å². The largest absolute Gasteiger partial charge is 0.480 e. The van der Waals surface area contributed by atoms with Crippen molar-refractivity contribution in [3.05, 3.63) is 35.4 Å². The van der Waals surface area contributed by atoms with E-state index in [1.54, 1.807) is 6.92 Å². The summed E-state index contributed by atoms with van der Waals surface area (Å²) >= 11 is 1.35. The molecule has 0 aliphatic carbocycles. The van der Waals surface area contributed by atoms with Gasteiger partial charge in [-0.2, -0.15) is 0 Å². The van der Waals surface area contributed by atoms with Crippen LogP contribution in [-0.4, -0.2) is 17.3 Å². The van der Waals surface area contributed by atoms with Crippen LogP contribution in [0.4, 0.5) is 0 Å². The lowest BCUT2D eigenvalue weighted by atomic mass is 9.98. The number of carboxylic acids is 1. The van der Waals surface area contributed by atoms with Crippen LogP contribution in [-0.2, 0) is 16.0 Å². The third kappa shape index (κ3) is 2.59. The summed E-state index contributed by atoms with van der Waals surface area (Å²) in [7, 11) is 0. The van der Waals surface area contributed by atoms with Gasteiger partial charge in [-0.3, -0.25) is 4.79 Å². The van der Waals surface area contributed by atoms with Gasteiger partial charge >= 0.3 is 5.97 Å². The summed E-state index contributed by atoms with van der Waals surface area (Å²) in [4.78, 5) is 11.2. The predicted molar refractivity (Wildman–Crippen MR) is 68.9 cm³/mol. The Kier molecular flexibility index (Phi) is 4.42. The topological polar surface area (TPSA) is 37.3 Å². The number of rotatable bonds is 5. The van der Waals surface area contributed by atoms with E-state index in [1.165, 1.54) is 17.3 Å². The Morgan fingerprint density at radius 1 is 1.38 bits per heavy atom. The third-order valence-electron chi connectivity index (χ3n) is 2.86. The van der Waals surface area contributed by atoms with Crippen molar-refractivity contribution >= 4 is 17.7 Å². The molecule has 1 atom stereocenters. The monoisotopic (exact) mass is 238 g/mol. The van der Waals surface area contributed by atoms with Crippen molar-refractivity contribution in [2.75, 3.05) is 6.26 Å². The predicted octanol–water partition coefficient (Wildman–Crippen LogP) is 3.30. The number of carboxylic acid groups (broad SMARTS) is 1. The molecule has 0 bridgehead atoms. The number of hydrogen-bond donors (Lipinski definition) is 1. The maximum absolute atomic E-state index is 11.2. The van der Waals surface area contributed by atoms with Crippen LogP contribution < -0.4 is 0 Å². The second kappa shape index (κ2) is 5.39. The van der Waals surface area contributed by atoms with Gasteiger partial charge in [0, 0.05) is 0 Å². The van der Waals surface area contributed by atoms with E-state index >= 15 is 0 Å². The van der Waals surface area contributed by atoms with Crippen molar-refractivity contribution in [3.63, 3.8) is 0 Å². The summed E-state index contributed by atoms with van der Waals surface area (Å²) in [6.07, 6.45) is 3.98. The molecule has 0 fully saturated rings. The highest BCUT2D eigenvalue weighted by Crippen LogP contribution is 2.34. The quantitative estimate of drug-likeness (QED) is 0.855. The second-order valence-corrected chi connectivity index (χ2v) is 5.21. The Hall–Kier alpha value is -0.960. The molecule has 0 aliphatic rings. The molecule has 0 saturated carbocycles. The molecule has 0 heterocycles. The molecular formula is C13H18O2S. The summed E-state index contributed by atoms with van der Waals surface area (Å²) in [5, 5.41) is 9.24. The van der Waals surface area contributed by atoms with Crippen LogP contribution in [0.15, 0.2) is 24.3 Å². The average molecular weight is 238 g/mol. The van der Waals surface area contributed by atoms with Gasteiger partial charge in [0.05, 0.1) is 0 Å². The molecular weight excluding hydrogens is 220 g/mol. The minimum atomic E-state index is -0.843. The highest BCUT2D eigenvalue weighted by Gasteiger charge is 2.33. The zero-order chi connectivity index (χ0) is 12.2. The fourth-order valence-electron chi connectivity index (χ4n) is 1.61. The van der Waals surface area contributed by atoms with Crippen LogP contribution in [0.3, 0.4) is 0 Å². The van der Waals surface area contributed by atoms with Crippen molar-refractivity contribution in [2.24, 2.45) is 0 Å². The van der Waals surface area contributed by atoms with Crippen LogP contribution >= 0.6 is 11.8 Å². The molecule has 0 saturated heterocycles. The summed E-state index contributed by atoms with van der Waals surface area (Å²) in [6.45, 7) is 3.88. The van der Waals surface area contributed by atoms with E-state index in [0.29, 0.717) is 0 Å². The van der Waals surface area contributed by atoms with Gasteiger partial charge in [-0.15, -0.1) is 11.8 Å². The molecule has 2 nitrogen and oxygen atoms in total. The fraction of sp³-hybridized carbons (Fsp3) is 0.462. The van der Waals surface area contributed by atoms with Crippen molar-refractivity contribution in [1.29, 1.82) is 0 Å². The number of hydrogen-bond acceptors (Lipinski definition) is 2. The van der Waals surface area contributed by atoms with Crippen LogP contribution in [0.2, 0.25) is 0 Å². The minimum Gasteiger partial charge on any atom is -0.480 e. The van der Waals surface area contributed by atoms with Crippen LogP contribution in [0, 0.1) is 0 Å². The Morgan fingerprint density at radius 3 is 2.31 bits per heavy atom. The molecule has 0 aromatic heterocycles. The molecule has 16 heavy (non-hydrogen) atoms. The van der Waals surface area contributed by atoms with E-state index in [2.05, 4.69) is 6.92 Å². The van der Waals surface area contributed by atoms with Crippen LogP contribution in [0.25, 0.3) is 0 Å². The van der Waals surface area contributed by atoms with Gasteiger partial charge in [0.1, 0.15) is 4.75 Å². The van der Waals surface area contributed by atoms with Gasteiger partial charge in [-0.25, -0.2) is 0 Å². The molecule has 88 valence electrons. The van der Waals surface area contributed by atoms with Gasteiger partial charge in [0.2, 0.25) is 0 Å². The van der Waals surface area contributed by atoms with Crippen LogP contribution in [0.5, 0.6) is 0 Å². The number of carbonyl (C=O) groups is 1. The minimum absolute atomic E-state index is 0.789. The third-order valence-corrected chi connectivity index (χ3v) is 4.09. The maximum atomic E-state index is 11.2. The zero-order valence-corrected chi connectivity index (χ0v) is 10.8. The van der Waals surface area contributed by atoms with Crippen LogP contribution in [0.1, 0.15) is 31.4 Å². The van der Waals surface area contributed by atoms with Gasteiger partial charge in [-0.1, -0.05) is 37.6 Å². The lowest BCUT2D eigenvalue weighted by molar-refractivity contribution is -0.139. The van der Waals surface area contributed by atoms with Crippen molar-refractivity contribution in [3.8, 4) is 0 Å². The molecule has 1 aromatic carbocycles. The average Bonchev–Trinajstić information content (AvgIpc) is 2.29. The van der Waals surface area contributed by atoms with E-state index in [1.807, 2.05) is 30.5 Å². The molecule has 0 radical (unpaired) electrons. The molecule has 1 aromatic rings. The number of aliphatic carboxylic acids is 1. The summed E-state index contributed by atoms with van der Waals surface area (Å²) in [6, 6.07) is 7.90. The van der Waals surface area contributed by atoms with Crippen molar-refractivity contribution < 1.29 is 9.90 Å². The number of benzene rings is 1. The Balaban J connectivity index is 2.99. The molecule has 1 rings (SSSR count). The smallest absolute Gasteiger partial charge is 0.324 e.